The van der Waals surface area contributed by atoms with Crippen LogP contribution in [0.4, 0.5) is 4.79 Å². The highest BCUT2D eigenvalue weighted by Gasteiger charge is 2.70. The monoisotopic (exact) mass is 720 g/mol. The molecule has 5 rings (SSSR count). The van der Waals surface area contributed by atoms with Crippen molar-refractivity contribution in [2.75, 3.05) is 25.4 Å². The Balaban J connectivity index is 1.33. The number of carbonyl (C=O) groups excluding carboxylic acids is 5. The van der Waals surface area contributed by atoms with Crippen molar-refractivity contribution in [1.82, 2.24) is 30.5 Å². The predicted molar refractivity (Wildman–Crippen MR) is 189 cm³/mol. The van der Waals surface area contributed by atoms with E-state index in [1.807, 2.05) is 20.8 Å². The number of piperidine rings is 1. The topological polar surface area (TPSA) is 174 Å². The number of carbonyl (C=O) groups is 5. The molecule has 1 heterocycles. The Morgan fingerprint density at radius 2 is 1.54 bits per heavy atom. The average molecular weight is 721 g/mol. The van der Waals surface area contributed by atoms with Crippen LogP contribution >= 0.6 is 0 Å². The quantitative estimate of drug-likeness (QED) is 0.188. The summed E-state index contributed by atoms with van der Waals surface area (Å²) < 4.78 is 28.2. The van der Waals surface area contributed by atoms with Crippen LogP contribution in [0.2, 0.25) is 0 Å². The number of Topliss-reactive ketones (excluding diaryl/α,β-unsaturated/α-hetero) is 1. The zero-order valence-electron chi connectivity index (χ0n) is 31.1. The van der Waals surface area contributed by atoms with Crippen LogP contribution in [-0.4, -0.2) is 102 Å². The molecule has 0 aromatic carbocycles. The third kappa shape index (κ3) is 8.48. The lowest BCUT2D eigenvalue weighted by Gasteiger charge is -2.41. The lowest BCUT2D eigenvalue weighted by molar-refractivity contribution is -0.145. The molecule has 5 aliphatic rings. The van der Waals surface area contributed by atoms with Gasteiger partial charge in [-0.2, -0.15) is 0 Å². The summed E-state index contributed by atoms with van der Waals surface area (Å²) >= 11 is 0. The largest absolute Gasteiger partial charge is 0.347 e. The molecular weight excluding hydrogens is 660 g/mol. The van der Waals surface area contributed by atoms with Crippen molar-refractivity contribution in [2.24, 2.45) is 28.6 Å². The second-order valence-electron chi connectivity index (χ2n) is 17.3. The van der Waals surface area contributed by atoms with Crippen LogP contribution in [0.25, 0.3) is 0 Å². The number of nitrogens with zero attached hydrogens (tertiary/aromatic N) is 2. The molecule has 13 nitrogen and oxygen atoms in total. The van der Waals surface area contributed by atoms with E-state index in [4.69, 9.17) is 0 Å². The molecule has 5 fully saturated rings. The van der Waals surface area contributed by atoms with Crippen molar-refractivity contribution in [3.05, 3.63) is 0 Å². The molecular formula is C36H60N6O7S. The highest BCUT2D eigenvalue weighted by atomic mass is 32.2. The Morgan fingerprint density at radius 3 is 2.08 bits per heavy atom. The molecule has 4 saturated carbocycles. The summed E-state index contributed by atoms with van der Waals surface area (Å²) in [5, 5.41) is 11.6. The summed E-state index contributed by atoms with van der Waals surface area (Å²) in [6.07, 6.45) is 7.51. The highest BCUT2D eigenvalue weighted by Crippen LogP contribution is 2.65. The van der Waals surface area contributed by atoms with Crippen LogP contribution in [0, 0.1) is 28.6 Å². The Labute approximate surface area is 298 Å². The fourth-order valence-electron chi connectivity index (χ4n) is 8.45. The molecule has 282 valence electrons. The molecule has 4 N–H and O–H groups in total. The normalized spacial score (nSPS) is 26.7. The Kier molecular flexibility index (Phi) is 11.0. The van der Waals surface area contributed by atoms with Gasteiger partial charge in [-0.1, -0.05) is 80.6 Å². The molecule has 14 heteroatoms. The van der Waals surface area contributed by atoms with Crippen LogP contribution in [0.3, 0.4) is 0 Å². The van der Waals surface area contributed by atoms with Gasteiger partial charge in [-0.3, -0.25) is 19.2 Å². The number of rotatable bonds is 15. The molecule has 5 amide bonds. The number of amides is 5. The second kappa shape index (κ2) is 14.4. The molecule has 1 saturated heterocycles. The first-order chi connectivity index (χ1) is 23.3. The van der Waals surface area contributed by atoms with E-state index >= 15 is 0 Å². The van der Waals surface area contributed by atoms with Gasteiger partial charge in [0.25, 0.3) is 5.91 Å². The summed E-state index contributed by atoms with van der Waals surface area (Å²) in [5.41, 5.74) is -1.91. The minimum atomic E-state index is -3.65. The summed E-state index contributed by atoms with van der Waals surface area (Å²) in [7, 11) is -3.65. The lowest BCUT2D eigenvalue weighted by Crippen LogP contribution is -2.64. The lowest BCUT2D eigenvalue weighted by atomic mass is 9.83. The molecule has 0 bridgehead atoms. The van der Waals surface area contributed by atoms with Crippen LogP contribution < -0.4 is 21.3 Å². The third-order valence-corrected chi connectivity index (χ3v) is 14.2. The number of nitrogens with one attached hydrogen (secondary N) is 4. The highest BCUT2D eigenvalue weighted by molar-refractivity contribution is 7.89. The van der Waals surface area contributed by atoms with Gasteiger partial charge >= 0.3 is 6.03 Å². The first-order valence-corrected chi connectivity index (χ1v) is 20.5. The van der Waals surface area contributed by atoms with E-state index in [0.29, 0.717) is 38.9 Å². The Bertz CT molecular complexity index is 1440. The summed E-state index contributed by atoms with van der Waals surface area (Å²) in [4.78, 5) is 70.0. The van der Waals surface area contributed by atoms with Gasteiger partial charge in [0.15, 0.2) is 0 Å². The van der Waals surface area contributed by atoms with Gasteiger partial charge in [0.1, 0.15) is 12.1 Å². The van der Waals surface area contributed by atoms with Gasteiger partial charge in [-0.05, 0) is 60.7 Å². The van der Waals surface area contributed by atoms with Gasteiger partial charge in [0.2, 0.25) is 27.6 Å². The van der Waals surface area contributed by atoms with Crippen LogP contribution in [0.5, 0.6) is 0 Å². The third-order valence-electron chi connectivity index (χ3n) is 11.9. The first-order valence-electron chi connectivity index (χ1n) is 18.9. The maximum Gasteiger partial charge on any atom is 0.315 e. The van der Waals surface area contributed by atoms with Gasteiger partial charge in [-0.25, -0.2) is 17.5 Å². The molecule has 50 heavy (non-hydrogen) atoms. The standard InChI is InChI=1S/C36H60N6O7S/c1-8-41(9-2)50(48,49)21-36(17-11-10-12-18-36)40-33(47)39-29(34(3,4)5)32(46)42-20-24-26(35(24,6)7)27(42)30(44)38-25(19-22-13-14-22)28(43)31(45)37-23-15-16-23/h22-27,29H,8-21H2,1-7H3,(H,37,45)(H,38,44)(H2,39,40,47)/t24-,25-,26-,27-,29+/m0/s1. The van der Waals surface area contributed by atoms with E-state index in [1.165, 1.54) is 4.31 Å². The number of ketones is 1. The van der Waals surface area contributed by atoms with E-state index in [0.717, 1.165) is 44.9 Å². The zero-order valence-corrected chi connectivity index (χ0v) is 31.9. The van der Waals surface area contributed by atoms with Crippen molar-refractivity contribution in [1.29, 1.82) is 0 Å². The van der Waals surface area contributed by atoms with E-state index < -0.39 is 68.6 Å². The number of hydrogen-bond acceptors (Lipinski definition) is 7. The average Bonchev–Trinajstić information content (AvgIpc) is 3.98. The van der Waals surface area contributed by atoms with Gasteiger partial charge < -0.3 is 26.2 Å². The number of hydrogen-bond donors (Lipinski definition) is 4. The predicted octanol–water partition coefficient (Wildman–Crippen LogP) is 2.69. The van der Waals surface area contributed by atoms with Gasteiger partial charge in [0.05, 0.1) is 17.3 Å². The molecule has 4 aliphatic carbocycles. The minimum absolute atomic E-state index is 0.0125. The van der Waals surface area contributed by atoms with Crippen molar-refractivity contribution in [3.8, 4) is 0 Å². The molecule has 0 spiro atoms. The Morgan fingerprint density at radius 1 is 0.920 bits per heavy atom. The second-order valence-corrected chi connectivity index (χ2v) is 19.3. The molecule has 0 unspecified atom stereocenters. The summed E-state index contributed by atoms with van der Waals surface area (Å²) in [6, 6.07) is -3.45. The first kappa shape index (κ1) is 38.5. The van der Waals surface area contributed by atoms with Gasteiger partial charge in [0, 0.05) is 25.7 Å². The van der Waals surface area contributed by atoms with Crippen molar-refractivity contribution in [3.63, 3.8) is 0 Å². The number of sulfonamides is 1. The van der Waals surface area contributed by atoms with Crippen molar-refractivity contribution >= 4 is 39.6 Å². The zero-order chi connectivity index (χ0) is 36.8. The molecule has 0 aromatic rings. The molecule has 0 radical (unpaired) electrons. The maximum atomic E-state index is 14.5. The fourth-order valence-corrected chi connectivity index (χ4v) is 10.5. The Hall–Kier alpha value is -2.74. The van der Waals surface area contributed by atoms with Crippen molar-refractivity contribution in [2.45, 2.75) is 142 Å². The molecule has 5 atom stereocenters. The van der Waals surface area contributed by atoms with Crippen LogP contribution in [0.15, 0.2) is 0 Å². The SMILES string of the molecule is CCN(CC)S(=O)(=O)CC1(NC(=O)N[C@H](C(=O)N2C[C@H]3[C@@H]([C@H]2C(=O)N[C@@H](CC2CC2)C(=O)C(=O)NC2CC2)C3(C)C)C(C)(C)C)CCCCC1. The van der Waals surface area contributed by atoms with Crippen LogP contribution in [0.1, 0.15) is 113 Å². The van der Waals surface area contributed by atoms with E-state index in [-0.39, 0.29) is 35.0 Å². The van der Waals surface area contributed by atoms with Crippen molar-refractivity contribution < 1.29 is 32.4 Å². The summed E-state index contributed by atoms with van der Waals surface area (Å²) in [5.74, 6) is -2.18. The number of urea groups is 1. The maximum absolute atomic E-state index is 14.5. The fraction of sp³-hybridized carbons (Fsp3) is 0.861. The summed E-state index contributed by atoms with van der Waals surface area (Å²) in [6.45, 7) is 14.3. The molecule has 0 aromatic heterocycles. The smallest absolute Gasteiger partial charge is 0.315 e. The number of fused-ring (bicyclic) bond motifs is 1. The number of likely N-dealkylation sites (tertiary alicyclic amines) is 1. The minimum Gasteiger partial charge on any atom is -0.347 e. The van der Waals surface area contributed by atoms with E-state index in [9.17, 15) is 32.4 Å². The van der Waals surface area contributed by atoms with E-state index in [2.05, 4.69) is 35.1 Å². The van der Waals surface area contributed by atoms with Crippen LogP contribution in [-0.2, 0) is 29.2 Å². The molecule has 1 aliphatic heterocycles. The van der Waals surface area contributed by atoms with Gasteiger partial charge in [-0.15, -0.1) is 0 Å². The van der Waals surface area contributed by atoms with E-state index in [1.54, 1.807) is 18.7 Å².